The normalized spacial score (nSPS) is 21.8. The number of hydrogen-bond acceptors (Lipinski definition) is 7. The number of aryl methyl sites for hydroxylation is 1. The number of nitrogens with zero attached hydrogens (tertiary/aromatic N) is 2. The van der Waals surface area contributed by atoms with Crippen LogP contribution in [-0.4, -0.2) is 27.4 Å². The van der Waals surface area contributed by atoms with Crippen molar-refractivity contribution in [1.82, 2.24) is 9.55 Å². The summed E-state index contributed by atoms with van der Waals surface area (Å²) >= 11 is 2.96. The molecule has 0 N–H and O–H groups in total. The molecule has 1 fully saturated rings. The van der Waals surface area contributed by atoms with Crippen LogP contribution in [0, 0.1) is 5.92 Å². The summed E-state index contributed by atoms with van der Waals surface area (Å²) in [6.07, 6.45) is 5.26. The van der Waals surface area contributed by atoms with Crippen molar-refractivity contribution in [2.75, 3.05) is 6.61 Å². The average molecular weight is 417 g/mol. The fourth-order valence-corrected chi connectivity index (χ4v) is 6.39. The Morgan fingerprint density at radius 3 is 3.00 bits per heavy atom. The Balaban J connectivity index is 1.65. The topological polar surface area (TPSA) is 74.3 Å². The summed E-state index contributed by atoms with van der Waals surface area (Å²) in [7, 11) is 0. The van der Waals surface area contributed by atoms with Crippen LogP contribution in [-0.2, 0) is 28.9 Å². The van der Waals surface area contributed by atoms with Crippen molar-refractivity contribution in [3.63, 3.8) is 0 Å². The first-order valence-electron chi connectivity index (χ1n) is 9.51. The fraction of sp³-hybridized carbons (Fsp3) is 0.450. The van der Waals surface area contributed by atoms with E-state index in [0.29, 0.717) is 36.4 Å². The minimum atomic E-state index is -0.318. The van der Waals surface area contributed by atoms with Gasteiger partial charge in [0.25, 0.3) is 5.56 Å². The highest BCUT2D eigenvalue weighted by atomic mass is 32.2. The predicted molar refractivity (Wildman–Crippen MR) is 108 cm³/mol. The average Bonchev–Trinajstić information content (AvgIpc) is 3.39. The third kappa shape index (κ3) is 3.08. The summed E-state index contributed by atoms with van der Waals surface area (Å²) in [5.41, 5.74) is 1.13. The first-order chi connectivity index (χ1) is 13.6. The Morgan fingerprint density at radius 1 is 1.36 bits per heavy atom. The van der Waals surface area contributed by atoms with Gasteiger partial charge in [-0.3, -0.25) is 14.2 Å². The van der Waals surface area contributed by atoms with Gasteiger partial charge in [-0.1, -0.05) is 18.7 Å². The monoisotopic (exact) mass is 416 g/mol. The van der Waals surface area contributed by atoms with E-state index in [1.165, 1.54) is 22.2 Å². The second-order valence-electron chi connectivity index (χ2n) is 7.46. The van der Waals surface area contributed by atoms with Gasteiger partial charge in [0.05, 0.1) is 24.8 Å². The Labute approximate surface area is 169 Å². The third-order valence-electron chi connectivity index (χ3n) is 5.41. The number of furan rings is 1. The van der Waals surface area contributed by atoms with Crippen LogP contribution < -0.4 is 5.56 Å². The van der Waals surface area contributed by atoms with Crippen molar-refractivity contribution in [2.45, 2.75) is 49.6 Å². The minimum absolute atomic E-state index is 0.0395. The fourth-order valence-electron chi connectivity index (χ4n) is 3.90. The summed E-state index contributed by atoms with van der Waals surface area (Å²) in [6, 6.07) is 3.65. The smallest absolute Gasteiger partial charge is 0.319 e. The van der Waals surface area contributed by atoms with Gasteiger partial charge >= 0.3 is 5.97 Å². The molecule has 0 saturated carbocycles. The lowest BCUT2D eigenvalue weighted by Crippen LogP contribution is -2.25. The lowest BCUT2D eigenvalue weighted by atomic mass is 9.89. The minimum Gasteiger partial charge on any atom is -0.467 e. The van der Waals surface area contributed by atoms with Crippen molar-refractivity contribution in [2.24, 2.45) is 5.92 Å². The number of rotatable bonds is 4. The van der Waals surface area contributed by atoms with Crippen LogP contribution in [0.15, 0.2) is 32.8 Å². The first kappa shape index (κ1) is 18.0. The number of thioether (sulfide) groups is 1. The molecule has 146 valence electrons. The molecule has 3 aromatic heterocycles. The van der Waals surface area contributed by atoms with Gasteiger partial charge in [-0.05, 0) is 42.9 Å². The van der Waals surface area contributed by atoms with E-state index in [1.54, 1.807) is 28.2 Å². The molecule has 28 heavy (non-hydrogen) atoms. The van der Waals surface area contributed by atoms with Crippen molar-refractivity contribution >= 4 is 39.3 Å². The molecule has 1 saturated heterocycles. The lowest BCUT2D eigenvalue weighted by Gasteiger charge is -2.17. The van der Waals surface area contributed by atoms with Crippen LogP contribution in [0.1, 0.15) is 36.0 Å². The number of ether oxygens (including phenoxy) is 1. The molecule has 1 aliphatic carbocycles. The Bertz CT molecular complexity index is 1100. The highest BCUT2D eigenvalue weighted by molar-refractivity contribution is 8.00. The van der Waals surface area contributed by atoms with E-state index in [-0.39, 0.29) is 16.8 Å². The molecule has 0 radical (unpaired) electrons. The molecule has 8 heteroatoms. The summed E-state index contributed by atoms with van der Waals surface area (Å²) < 4.78 is 12.2. The summed E-state index contributed by atoms with van der Waals surface area (Å²) in [5, 5.41) is 0.989. The van der Waals surface area contributed by atoms with Gasteiger partial charge in [0, 0.05) is 11.3 Å². The maximum absolute atomic E-state index is 13.5. The van der Waals surface area contributed by atoms with Crippen molar-refractivity contribution < 1.29 is 13.9 Å². The number of thiophene rings is 1. The number of aromatic nitrogens is 2. The quantitative estimate of drug-likeness (QED) is 0.478. The Hall–Kier alpha value is -2.06. The molecule has 5 rings (SSSR count). The maximum Gasteiger partial charge on any atom is 0.319 e. The van der Waals surface area contributed by atoms with Crippen LogP contribution in [0.5, 0.6) is 0 Å². The van der Waals surface area contributed by atoms with E-state index in [0.717, 1.165) is 29.5 Å². The largest absolute Gasteiger partial charge is 0.467 e. The summed E-state index contributed by atoms with van der Waals surface area (Å²) in [4.78, 5) is 32.4. The Morgan fingerprint density at radius 2 is 2.25 bits per heavy atom. The molecule has 6 nitrogen and oxygen atoms in total. The van der Waals surface area contributed by atoms with Gasteiger partial charge in [-0.15, -0.1) is 11.3 Å². The highest BCUT2D eigenvalue weighted by Gasteiger charge is 2.31. The molecule has 2 aliphatic rings. The van der Waals surface area contributed by atoms with Crippen LogP contribution >= 0.6 is 23.1 Å². The number of cyclic esters (lactones) is 1. The molecule has 3 aromatic rings. The van der Waals surface area contributed by atoms with E-state index >= 15 is 0 Å². The third-order valence-corrected chi connectivity index (χ3v) is 7.79. The molecular weight excluding hydrogens is 396 g/mol. The standard InChI is InChI=1S/C20H20N2O4S2/c1-11-4-5-13-15(9-11)27-17-16(13)18(23)22(10-12-3-2-7-25-12)20(21-17)28-14-6-8-26-19(14)24/h2-3,7,11,14H,4-6,8-10H2,1H3. The number of esters is 1. The van der Waals surface area contributed by atoms with Gasteiger partial charge < -0.3 is 9.15 Å². The highest BCUT2D eigenvalue weighted by Crippen LogP contribution is 2.37. The number of hydrogen-bond donors (Lipinski definition) is 0. The van der Waals surface area contributed by atoms with Gasteiger partial charge in [0.15, 0.2) is 5.16 Å². The van der Waals surface area contributed by atoms with E-state index in [4.69, 9.17) is 14.1 Å². The lowest BCUT2D eigenvalue weighted by molar-refractivity contribution is -0.137. The second-order valence-corrected chi connectivity index (χ2v) is 9.71. The molecule has 0 spiro atoms. The number of carbonyl (C=O) groups excluding carboxylic acids is 1. The zero-order valence-corrected chi connectivity index (χ0v) is 17.1. The van der Waals surface area contributed by atoms with Crippen LogP contribution in [0.4, 0.5) is 0 Å². The summed E-state index contributed by atoms with van der Waals surface area (Å²) in [5.74, 6) is 1.09. The molecule has 0 bridgehead atoms. The molecule has 0 aromatic carbocycles. The predicted octanol–water partition coefficient (Wildman–Crippen LogP) is 3.63. The maximum atomic E-state index is 13.5. The first-order valence-corrected chi connectivity index (χ1v) is 11.2. The molecule has 0 amide bonds. The van der Waals surface area contributed by atoms with Crippen LogP contribution in [0.3, 0.4) is 0 Å². The van der Waals surface area contributed by atoms with Gasteiger partial charge in [0.2, 0.25) is 0 Å². The van der Waals surface area contributed by atoms with Gasteiger partial charge in [0.1, 0.15) is 15.8 Å². The van der Waals surface area contributed by atoms with Crippen LogP contribution in [0.2, 0.25) is 0 Å². The van der Waals surface area contributed by atoms with Crippen LogP contribution in [0.25, 0.3) is 10.2 Å². The molecule has 2 unspecified atom stereocenters. The molecule has 2 atom stereocenters. The molecule has 1 aliphatic heterocycles. The number of carbonyl (C=O) groups is 1. The van der Waals surface area contributed by atoms with E-state index in [2.05, 4.69) is 6.92 Å². The Kier molecular flexibility index (Phi) is 4.55. The van der Waals surface area contributed by atoms with E-state index in [9.17, 15) is 9.59 Å². The zero-order valence-electron chi connectivity index (χ0n) is 15.5. The van der Waals surface area contributed by atoms with Gasteiger partial charge in [-0.2, -0.15) is 0 Å². The van der Waals surface area contributed by atoms with Crippen molar-refractivity contribution in [3.8, 4) is 0 Å². The van der Waals surface area contributed by atoms with Gasteiger partial charge in [-0.25, -0.2) is 4.98 Å². The SMILES string of the molecule is CC1CCc2c(sc3nc(SC4CCOC4=O)n(Cc4ccco4)c(=O)c23)C1. The van der Waals surface area contributed by atoms with E-state index in [1.807, 2.05) is 6.07 Å². The second kappa shape index (κ2) is 7.08. The molecular formula is C20H20N2O4S2. The van der Waals surface area contributed by atoms with Crippen molar-refractivity contribution in [1.29, 1.82) is 0 Å². The molecule has 4 heterocycles. The van der Waals surface area contributed by atoms with Crippen molar-refractivity contribution in [3.05, 3.63) is 45.0 Å². The number of fused-ring (bicyclic) bond motifs is 3. The van der Waals surface area contributed by atoms with E-state index < -0.39 is 0 Å². The summed E-state index contributed by atoms with van der Waals surface area (Å²) in [6.45, 7) is 2.98. The zero-order chi connectivity index (χ0) is 19.3.